The number of nitrogens with zero attached hydrogens (tertiary/aromatic N) is 1. The van der Waals surface area contributed by atoms with Crippen molar-refractivity contribution in [3.05, 3.63) is 237 Å². The van der Waals surface area contributed by atoms with Crippen molar-refractivity contribution in [1.82, 2.24) is 0 Å². The largest absolute Gasteiger partial charge is 0.454 e. The van der Waals surface area contributed by atoms with E-state index in [-0.39, 0.29) is 0 Å². The summed E-state index contributed by atoms with van der Waals surface area (Å²) in [5.41, 5.74) is 14.5. The monoisotopic (exact) mass is 789 g/mol. The Morgan fingerprint density at radius 3 is 1.52 bits per heavy atom. The highest BCUT2D eigenvalue weighted by Crippen LogP contribution is 2.47. The Morgan fingerprint density at radius 1 is 0.274 bits per heavy atom. The van der Waals surface area contributed by atoms with Crippen LogP contribution < -0.4 is 4.90 Å². The number of fused-ring (bicyclic) bond motifs is 7. The highest BCUT2D eigenvalue weighted by atomic mass is 16.3. The summed E-state index contributed by atoms with van der Waals surface area (Å²) in [4.78, 5) is 2.34. The first kappa shape index (κ1) is 35.7. The molecule has 2 nitrogen and oxygen atoms in total. The zero-order valence-electron chi connectivity index (χ0n) is 33.9. The molecule has 1 heterocycles. The first-order valence-corrected chi connectivity index (χ1v) is 21.2. The zero-order valence-corrected chi connectivity index (χ0v) is 33.9. The molecule has 0 saturated heterocycles. The van der Waals surface area contributed by atoms with Gasteiger partial charge in [0.15, 0.2) is 5.58 Å². The van der Waals surface area contributed by atoms with E-state index in [4.69, 9.17) is 4.42 Å². The lowest BCUT2D eigenvalue weighted by Gasteiger charge is -2.26. The van der Waals surface area contributed by atoms with E-state index in [2.05, 4.69) is 235 Å². The molecule has 1 aromatic heterocycles. The van der Waals surface area contributed by atoms with Gasteiger partial charge in [-0.05, 0) is 125 Å². The minimum atomic E-state index is 0.863. The Balaban J connectivity index is 1.02. The van der Waals surface area contributed by atoms with Crippen LogP contribution in [0.4, 0.5) is 17.1 Å². The third kappa shape index (κ3) is 6.04. The molecule has 0 fully saturated rings. The van der Waals surface area contributed by atoms with E-state index < -0.39 is 0 Å². The first-order valence-electron chi connectivity index (χ1n) is 21.2. The predicted octanol–water partition coefficient (Wildman–Crippen LogP) is 17.2. The van der Waals surface area contributed by atoms with Gasteiger partial charge in [0.2, 0.25) is 0 Å². The summed E-state index contributed by atoms with van der Waals surface area (Å²) in [7, 11) is 0. The van der Waals surface area contributed by atoms with Crippen LogP contribution in [-0.4, -0.2) is 0 Å². The van der Waals surface area contributed by atoms with Crippen molar-refractivity contribution in [3.8, 4) is 44.5 Å². The smallest absolute Gasteiger partial charge is 0.159 e. The highest BCUT2D eigenvalue weighted by Gasteiger charge is 2.21. The Labute approximate surface area is 360 Å². The molecular formula is C60H39NO. The van der Waals surface area contributed by atoms with Crippen molar-refractivity contribution >= 4 is 71.3 Å². The van der Waals surface area contributed by atoms with Crippen molar-refractivity contribution in [2.24, 2.45) is 0 Å². The van der Waals surface area contributed by atoms with Gasteiger partial charge >= 0.3 is 0 Å². The summed E-state index contributed by atoms with van der Waals surface area (Å²) in [6.07, 6.45) is 0. The minimum absolute atomic E-state index is 0.863. The maximum Gasteiger partial charge on any atom is 0.159 e. The molecule has 0 aliphatic heterocycles. The van der Waals surface area contributed by atoms with Gasteiger partial charge in [0, 0.05) is 22.1 Å². The molecule has 2 heteroatoms. The molecule has 12 aromatic rings. The molecule has 0 amide bonds. The number of anilines is 3. The van der Waals surface area contributed by atoms with E-state index in [0.29, 0.717) is 0 Å². The number of hydrogen-bond donors (Lipinski definition) is 0. The second-order valence-electron chi connectivity index (χ2n) is 16.0. The molecule has 0 bridgehead atoms. The van der Waals surface area contributed by atoms with Gasteiger partial charge in [0.1, 0.15) is 5.58 Å². The fraction of sp³-hybridized carbons (Fsp3) is 0. The van der Waals surface area contributed by atoms with E-state index in [1.807, 2.05) is 6.07 Å². The van der Waals surface area contributed by atoms with Gasteiger partial charge in [-0.3, -0.25) is 0 Å². The third-order valence-electron chi connectivity index (χ3n) is 12.4. The summed E-state index contributed by atoms with van der Waals surface area (Å²) in [5.74, 6) is 0. The molecule has 0 saturated carbocycles. The molecule has 62 heavy (non-hydrogen) atoms. The van der Waals surface area contributed by atoms with Crippen LogP contribution in [-0.2, 0) is 0 Å². The molecule has 0 aliphatic carbocycles. The third-order valence-corrected chi connectivity index (χ3v) is 12.4. The fourth-order valence-electron chi connectivity index (χ4n) is 9.50. The van der Waals surface area contributed by atoms with Crippen molar-refractivity contribution in [2.45, 2.75) is 0 Å². The maximum atomic E-state index is 6.67. The average molecular weight is 790 g/mol. The molecule has 0 N–H and O–H groups in total. The van der Waals surface area contributed by atoms with Gasteiger partial charge in [-0.15, -0.1) is 0 Å². The second-order valence-corrected chi connectivity index (χ2v) is 16.0. The maximum absolute atomic E-state index is 6.67. The van der Waals surface area contributed by atoms with E-state index >= 15 is 0 Å². The average Bonchev–Trinajstić information content (AvgIpc) is 3.74. The molecule has 0 atom stereocenters. The summed E-state index contributed by atoms with van der Waals surface area (Å²) >= 11 is 0. The number of rotatable bonds is 7. The Bertz CT molecular complexity index is 3610. The standard InChI is InChI=1S/C60H39NO/c1-4-15-40(16-5-1)44-27-28-46-38-49(35-31-45(46)37-44)61(56-25-14-24-54-52-22-12-13-26-57(52)62-60(54)56)48-33-29-41(30-34-48)47-32-36-51-50-21-10-11-23-53(50)58(42-17-6-2-7-18-42)59(55(51)39-47)43-19-8-3-9-20-43/h1-39H. The highest BCUT2D eigenvalue weighted by molar-refractivity contribution is 6.22. The van der Waals surface area contributed by atoms with Crippen LogP contribution in [0.15, 0.2) is 241 Å². The molecule has 0 radical (unpaired) electrons. The van der Waals surface area contributed by atoms with E-state index in [9.17, 15) is 0 Å². The molecular weight excluding hydrogens is 751 g/mol. The van der Waals surface area contributed by atoms with Gasteiger partial charge in [-0.1, -0.05) is 188 Å². The van der Waals surface area contributed by atoms with Crippen LogP contribution in [0.1, 0.15) is 0 Å². The van der Waals surface area contributed by atoms with Gasteiger partial charge in [0.25, 0.3) is 0 Å². The summed E-state index contributed by atoms with van der Waals surface area (Å²) < 4.78 is 6.67. The molecule has 0 spiro atoms. The normalized spacial score (nSPS) is 11.5. The van der Waals surface area contributed by atoms with Gasteiger partial charge in [0.05, 0.1) is 5.69 Å². The molecule has 0 unspecified atom stereocenters. The predicted molar refractivity (Wildman–Crippen MR) is 263 cm³/mol. The van der Waals surface area contributed by atoms with Crippen molar-refractivity contribution in [2.75, 3.05) is 4.90 Å². The number of para-hydroxylation sites is 2. The molecule has 12 rings (SSSR count). The lowest BCUT2D eigenvalue weighted by Crippen LogP contribution is -2.10. The Morgan fingerprint density at radius 2 is 0.774 bits per heavy atom. The van der Waals surface area contributed by atoms with Crippen LogP contribution in [0.2, 0.25) is 0 Å². The van der Waals surface area contributed by atoms with Crippen LogP contribution in [0.25, 0.3) is 98.8 Å². The van der Waals surface area contributed by atoms with Crippen LogP contribution in [0.3, 0.4) is 0 Å². The van der Waals surface area contributed by atoms with Gasteiger partial charge < -0.3 is 9.32 Å². The quantitative estimate of drug-likeness (QED) is 0.150. The van der Waals surface area contributed by atoms with E-state index in [0.717, 1.165) is 44.6 Å². The summed E-state index contributed by atoms with van der Waals surface area (Å²) in [5, 5.41) is 9.57. The SMILES string of the molecule is c1ccc(-c2ccc3cc(N(c4ccc(-c5ccc6c(c5)c(-c5ccccc5)c(-c5ccccc5)c5ccccc56)cc4)c4cccc5c4oc4ccccc45)ccc3c2)cc1. The van der Waals surface area contributed by atoms with Crippen molar-refractivity contribution in [3.63, 3.8) is 0 Å². The van der Waals surface area contributed by atoms with Crippen LogP contribution in [0.5, 0.6) is 0 Å². The lowest BCUT2D eigenvalue weighted by molar-refractivity contribution is 0.669. The topological polar surface area (TPSA) is 16.4 Å². The van der Waals surface area contributed by atoms with Gasteiger partial charge in [-0.25, -0.2) is 0 Å². The molecule has 0 aliphatic rings. The molecule has 290 valence electrons. The van der Waals surface area contributed by atoms with E-state index in [1.54, 1.807) is 0 Å². The molecule has 11 aromatic carbocycles. The number of benzene rings is 11. The minimum Gasteiger partial charge on any atom is -0.454 e. The van der Waals surface area contributed by atoms with Gasteiger partial charge in [-0.2, -0.15) is 0 Å². The second kappa shape index (κ2) is 14.8. The Hall–Kier alpha value is -8.20. The van der Waals surface area contributed by atoms with Crippen LogP contribution >= 0.6 is 0 Å². The lowest BCUT2D eigenvalue weighted by atomic mass is 9.84. The van der Waals surface area contributed by atoms with Crippen LogP contribution in [0, 0.1) is 0 Å². The first-order chi connectivity index (χ1) is 30.7. The van der Waals surface area contributed by atoms with E-state index in [1.165, 1.54) is 71.3 Å². The number of hydrogen-bond acceptors (Lipinski definition) is 2. The van der Waals surface area contributed by atoms with Crippen molar-refractivity contribution < 1.29 is 4.42 Å². The number of furan rings is 1. The fourth-order valence-corrected chi connectivity index (χ4v) is 9.50. The summed E-state index contributed by atoms with van der Waals surface area (Å²) in [6, 6.07) is 85.4. The van der Waals surface area contributed by atoms with Crippen molar-refractivity contribution in [1.29, 1.82) is 0 Å². The zero-order chi connectivity index (χ0) is 41.0. The Kier molecular flexibility index (Phi) is 8.53. The summed E-state index contributed by atoms with van der Waals surface area (Å²) in [6.45, 7) is 0.